The molecule has 2 heterocycles. The molecule has 1 saturated heterocycles. The van der Waals surface area contributed by atoms with E-state index in [0.29, 0.717) is 4.57 Å². The molecule has 10 nitrogen and oxygen atoms in total. The number of aliphatic hydroxyl groups is 3. The smallest absolute Gasteiger partial charge is 0.485 e. The molecule has 1 fully saturated rings. The number of ether oxygens (including phenoxy) is 2. The van der Waals surface area contributed by atoms with Crippen molar-refractivity contribution in [2.75, 3.05) is 13.7 Å². The fraction of sp³-hybridized carbons (Fsp3) is 0.538. The van der Waals surface area contributed by atoms with E-state index in [0.717, 1.165) is 7.11 Å². The zero-order chi connectivity index (χ0) is 24.5. The van der Waals surface area contributed by atoms with Gasteiger partial charge in [0.05, 0.1) is 16.5 Å². The van der Waals surface area contributed by atoms with Gasteiger partial charge in [-0.1, -0.05) is 0 Å². The van der Waals surface area contributed by atoms with Gasteiger partial charge in [0, 0.05) is 6.04 Å². The van der Waals surface area contributed by atoms with Crippen molar-refractivity contribution >= 4 is 16.1 Å². The Morgan fingerprint density at radius 1 is 1.44 bits per heavy atom. The first-order valence-corrected chi connectivity index (χ1v) is 8.16. The van der Waals surface area contributed by atoms with E-state index in [1.165, 1.54) is 0 Å². The van der Waals surface area contributed by atoms with Gasteiger partial charge in [-0.2, -0.15) is 17.7 Å². The molecule has 0 radical (unpaired) electrons. The van der Waals surface area contributed by atoms with Gasteiger partial charge in [0.1, 0.15) is 20.5 Å². The predicted octanol–water partition coefficient (Wildman–Crippen LogP) is -1.58. The second-order valence-corrected chi connectivity index (χ2v) is 6.21. The molecule has 14 heteroatoms. The van der Waals surface area contributed by atoms with E-state index in [1.807, 2.05) is 0 Å². The number of hydrogen-bond donors (Lipinski definition) is 3. The second-order valence-electron chi connectivity index (χ2n) is 4.84. The van der Waals surface area contributed by atoms with Crippen molar-refractivity contribution in [1.29, 1.82) is 0 Å². The van der Waals surface area contributed by atoms with E-state index in [1.54, 1.807) is 0 Å². The summed E-state index contributed by atoms with van der Waals surface area (Å²) in [6, 6.07) is -1.33. The number of aromatic nitrogens is 1. The Morgan fingerprint density at radius 2 is 2.00 bits per heavy atom. The topological polar surface area (TPSA) is 157 Å². The van der Waals surface area contributed by atoms with Gasteiger partial charge in [0.25, 0.3) is 6.23 Å². The molecule has 2 rings (SSSR count). The van der Waals surface area contributed by atoms with Crippen LogP contribution in [-0.2, 0) is 19.6 Å². The number of alkyl halides is 3. The zero-order valence-corrected chi connectivity index (χ0v) is 14.1. The lowest BCUT2D eigenvalue weighted by Crippen LogP contribution is -2.46. The van der Waals surface area contributed by atoms with Crippen molar-refractivity contribution in [1.82, 2.24) is 0 Å². The molecular weight excluding hydrogens is 403 g/mol. The molecule has 3 N–H and O–H groups in total. The molecule has 0 bridgehead atoms. The average molecular weight is 423 g/mol. The summed E-state index contributed by atoms with van der Waals surface area (Å²) in [7, 11) is -5.05. The lowest BCUT2D eigenvalue weighted by Gasteiger charge is -2.10. The van der Waals surface area contributed by atoms with Crippen LogP contribution in [0.2, 0.25) is 0 Å². The lowest BCUT2D eigenvalue weighted by molar-refractivity contribution is -0.765. The van der Waals surface area contributed by atoms with Crippen LogP contribution in [-0.4, -0.2) is 71.8 Å². The molecule has 0 saturated carbocycles. The first-order valence-electron chi connectivity index (χ1n) is 8.76. The van der Waals surface area contributed by atoms with Crippen molar-refractivity contribution in [3.63, 3.8) is 0 Å². The minimum Gasteiger partial charge on any atom is -0.741 e. The highest BCUT2D eigenvalue weighted by atomic mass is 32.2. The number of esters is 1. The molecule has 27 heavy (non-hydrogen) atoms. The van der Waals surface area contributed by atoms with Crippen LogP contribution in [0.1, 0.15) is 22.1 Å². The molecule has 0 aliphatic carbocycles. The number of pyridine rings is 1. The third kappa shape index (κ3) is 5.82. The Bertz CT molecular complexity index is 947. The van der Waals surface area contributed by atoms with Gasteiger partial charge in [-0.25, -0.2) is 13.2 Å². The van der Waals surface area contributed by atoms with Gasteiger partial charge in [-0.05, 0) is 6.04 Å². The molecule has 1 aliphatic heterocycles. The fourth-order valence-electron chi connectivity index (χ4n) is 1.75. The largest absolute Gasteiger partial charge is 0.741 e. The lowest BCUT2D eigenvalue weighted by atomic mass is 10.1. The van der Waals surface area contributed by atoms with E-state index >= 15 is 0 Å². The van der Waals surface area contributed by atoms with Crippen molar-refractivity contribution in [3.8, 4) is 0 Å². The summed E-state index contributed by atoms with van der Waals surface area (Å²) in [5.41, 5.74) is -6.21. The highest BCUT2D eigenvalue weighted by Gasteiger charge is 2.48. The van der Waals surface area contributed by atoms with E-state index in [2.05, 4.69) is 4.74 Å². The maximum Gasteiger partial charge on any atom is 0.485 e. The van der Waals surface area contributed by atoms with Gasteiger partial charge in [-0.3, -0.25) is 0 Å². The van der Waals surface area contributed by atoms with Crippen LogP contribution >= 0.6 is 0 Å². The number of nitrogens with zero attached hydrogens (tertiary/aromatic N) is 1. The number of rotatable bonds is 3. The van der Waals surface area contributed by atoms with Crippen LogP contribution in [0.15, 0.2) is 24.4 Å². The minimum atomic E-state index is -6.09. The van der Waals surface area contributed by atoms with E-state index in [4.69, 9.17) is 28.3 Å². The van der Waals surface area contributed by atoms with E-state index in [-0.39, 0.29) is 0 Å². The van der Waals surface area contributed by atoms with Gasteiger partial charge in [0.2, 0.25) is 0 Å². The summed E-state index contributed by atoms with van der Waals surface area (Å²) >= 11 is 0. The highest BCUT2D eigenvalue weighted by molar-refractivity contribution is 7.86. The second kappa shape index (κ2) is 8.90. The Labute approximate surface area is 156 Å². The molecule has 1 aliphatic rings. The Hall–Kier alpha value is -1.84. The monoisotopic (exact) mass is 423 g/mol. The van der Waals surface area contributed by atoms with Crippen LogP contribution in [0.5, 0.6) is 0 Å². The highest BCUT2D eigenvalue weighted by Crippen LogP contribution is 2.25. The number of carbonyl (C=O) groups is 1. The molecule has 1 aromatic rings. The summed E-state index contributed by atoms with van der Waals surface area (Å²) < 4.78 is 101. The molecule has 0 aromatic carbocycles. The third-order valence-electron chi connectivity index (χ3n) is 3.04. The van der Waals surface area contributed by atoms with Crippen molar-refractivity contribution < 1.29 is 65.8 Å². The van der Waals surface area contributed by atoms with Crippen LogP contribution < -0.4 is 4.57 Å². The Balaban J connectivity index is 0.000000512. The number of carbonyl (C=O) groups excluding carboxylic acids is 1. The maximum absolute atomic E-state index is 11.7. The predicted molar refractivity (Wildman–Crippen MR) is 76.7 cm³/mol. The van der Waals surface area contributed by atoms with Crippen LogP contribution in [0.25, 0.3) is 0 Å². The van der Waals surface area contributed by atoms with Crippen LogP contribution in [0.3, 0.4) is 0 Å². The number of halogens is 3. The summed E-state index contributed by atoms with van der Waals surface area (Å²) in [6.07, 6.45) is -6.99. The summed E-state index contributed by atoms with van der Waals surface area (Å²) in [5, 5.41) is 28.9. The van der Waals surface area contributed by atoms with Gasteiger partial charge >= 0.3 is 11.5 Å². The summed E-state index contributed by atoms with van der Waals surface area (Å²) in [5.74, 6) is -1.05. The molecular formula is C13H16F3NO9S. The van der Waals surface area contributed by atoms with Crippen LogP contribution in [0.4, 0.5) is 13.2 Å². The van der Waals surface area contributed by atoms with Gasteiger partial charge < -0.3 is 29.3 Å². The molecule has 154 valence electrons. The normalized spacial score (nSPS) is 27.6. The molecule has 0 spiro atoms. The number of methoxy groups -OCH3 is 1. The standard InChI is InChI=1S/C12H16NO6.CHF3O3S/c1-18-12(17)7-3-2-4-13(5-7)11-10(16)9(15)8(6-14)19-11;2-1(3,4)8(5,6)7/h2-5,8-11,14-16H,6H2,1H3;(H,5,6,7)/q+1;/p-1/t8-,9-,10-,11-;/m1./s1/i2D,3D,4D,5D;. The first-order chi connectivity index (χ1) is 14.0. The molecule has 4 atom stereocenters. The van der Waals surface area contributed by atoms with E-state index in [9.17, 15) is 28.2 Å². The molecule has 1 aromatic heterocycles. The Kier molecular flexibility index (Phi) is 5.69. The Morgan fingerprint density at radius 3 is 2.41 bits per heavy atom. The summed E-state index contributed by atoms with van der Waals surface area (Å²) in [6.45, 7) is -0.607. The first kappa shape index (κ1) is 17.3. The van der Waals surface area contributed by atoms with Crippen molar-refractivity contribution in [2.45, 2.75) is 30.0 Å². The zero-order valence-electron chi connectivity index (χ0n) is 17.3. The fourth-order valence-corrected chi connectivity index (χ4v) is 1.75. The van der Waals surface area contributed by atoms with Crippen LogP contribution in [0, 0.1) is 0 Å². The van der Waals surface area contributed by atoms with Gasteiger partial charge in [0.15, 0.2) is 28.6 Å². The minimum absolute atomic E-state index is 0.564. The maximum atomic E-state index is 11.7. The van der Waals surface area contributed by atoms with Crippen molar-refractivity contribution in [2.24, 2.45) is 0 Å². The molecule has 0 amide bonds. The SMILES string of the molecule is O=S(=O)([O-])C(F)(F)F.[2H]c1c([2H])c([2H])[n+]([C@@H]2O[C@H](CO)[C@@H](O)[C@H]2O)c([2H])c1C(=O)OC. The number of hydrogen-bond acceptors (Lipinski definition) is 9. The molecule has 0 unspecified atom stereocenters. The third-order valence-corrected chi connectivity index (χ3v) is 3.61. The quantitative estimate of drug-likeness (QED) is 0.226. The number of aliphatic hydroxyl groups excluding tert-OH is 3. The van der Waals surface area contributed by atoms with Crippen molar-refractivity contribution in [3.05, 3.63) is 30.0 Å². The average Bonchev–Trinajstić information content (AvgIpc) is 2.93. The summed E-state index contributed by atoms with van der Waals surface area (Å²) in [4.78, 5) is 11.7. The van der Waals surface area contributed by atoms with Gasteiger partial charge in [-0.15, -0.1) is 0 Å². The van der Waals surface area contributed by atoms with E-state index < -0.39 is 82.7 Å².